The van der Waals surface area contributed by atoms with Crippen molar-refractivity contribution in [2.24, 2.45) is 28.9 Å². The van der Waals surface area contributed by atoms with Crippen LogP contribution in [0.3, 0.4) is 0 Å². The molecule has 4 unspecified atom stereocenters. The van der Waals surface area contributed by atoms with Crippen molar-refractivity contribution >= 4 is 0 Å². The highest BCUT2D eigenvalue weighted by atomic mass is 16.3. The van der Waals surface area contributed by atoms with Crippen LogP contribution in [0, 0.1) is 23.2 Å². The van der Waals surface area contributed by atoms with Gasteiger partial charge in [0.15, 0.2) is 0 Å². The fraction of sp³-hybridized carbons (Fsp3) is 0.800. The Morgan fingerprint density at radius 3 is 2.67 bits per heavy atom. The van der Waals surface area contributed by atoms with E-state index in [4.69, 9.17) is 5.73 Å². The first-order chi connectivity index (χ1) is 5.74. The van der Waals surface area contributed by atoms with E-state index in [0.29, 0.717) is 24.3 Å². The molecule has 0 saturated heterocycles. The first-order valence-electron chi connectivity index (χ1n) is 4.74. The molecule has 0 amide bonds. The minimum atomic E-state index is -0.000579. The van der Waals surface area contributed by atoms with Gasteiger partial charge < -0.3 is 10.8 Å². The highest BCUT2D eigenvalue weighted by molar-refractivity contribution is 5.18. The van der Waals surface area contributed by atoms with Gasteiger partial charge in [0, 0.05) is 12.0 Å². The molecule has 0 aromatic heterocycles. The molecule has 2 heteroatoms. The molecular formula is C10H17NO. The van der Waals surface area contributed by atoms with Crippen LogP contribution in [0.25, 0.3) is 0 Å². The van der Waals surface area contributed by atoms with Gasteiger partial charge in [-0.15, -0.1) is 0 Å². The summed E-state index contributed by atoms with van der Waals surface area (Å²) in [5.74, 6) is 1.76. The van der Waals surface area contributed by atoms with Crippen LogP contribution in [-0.4, -0.2) is 18.3 Å². The predicted molar refractivity (Wildman–Crippen MR) is 48.5 cm³/mol. The molecule has 2 nitrogen and oxygen atoms in total. The third-order valence-electron chi connectivity index (χ3n) is 4.08. The summed E-state index contributed by atoms with van der Waals surface area (Å²) in [7, 11) is 0. The first kappa shape index (κ1) is 8.27. The zero-order chi connectivity index (χ0) is 8.77. The van der Waals surface area contributed by atoms with Crippen molar-refractivity contribution in [1.29, 1.82) is 0 Å². The molecule has 0 heterocycles. The molecule has 0 aromatic carbocycles. The zero-order valence-electron chi connectivity index (χ0n) is 7.53. The maximum absolute atomic E-state index is 9.40. The van der Waals surface area contributed by atoms with E-state index in [9.17, 15) is 5.11 Å². The second-order valence-electron chi connectivity index (χ2n) is 4.28. The van der Waals surface area contributed by atoms with Gasteiger partial charge in [0.25, 0.3) is 0 Å². The van der Waals surface area contributed by atoms with Gasteiger partial charge in [-0.05, 0) is 24.2 Å². The molecule has 3 N–H and O–H groups in total. The Balaban J connectivity index is 2.31. The van der Waals surface area contributed by atoms with Crippen LogP contribution in [-0.2, 0) is 0 Å². The molecule has 4 atom stereocenters. The van der Waals surface area contributed by atoms with Gasteiger partial charge in [-0.25, -0.2) is 0 Å². The van der Waals surface area contributed by atoms with Crippen LogP contribution in [0.4, 0.5) is 0 Å². The van der Waals surface area contributed by atoms with Crippen LogP contribution in [0.1, 0.15) is 13.3 Å². The number of nitrogens with two attached hydrogens (primary N) is 1. The Kier molecular flexibility index (Phi) is 1.77. The Morgan fingerprint density at radius 2 is 2.33 bits per heavy atom. The summed E-state index contributed by atoms with van der Waals surface area (Å²) in [5.41, 5.74) is 5.76. The van der Waals surface area contributed by atoms with Gasteiger partial charge in [-0.2, -0.15) is 0 Å². The number of hydrogen-bond acceptors (Lipinski definition) is 2. The van der Waals surface area contributed by atoms with Crippen molar-refractivity contribution in [3.05, 3.63) is 12.2 Å². The van der Waals surface area contributed by atoms with E-state index < -0.39 is 0 Å². The molecule has 0 aromatic rings. The van der Waals surface area contributed by atoms with Crippen LogP contribution in [0.15, 0.2) is 12.2 Å². The third-order valence-corrected chi connectivity index (χ3v) is 4.08. The van der Waals surface area contributed by atoms with E-state index in [-0.39, 0.29) is 12.0 Å². The summed E-state index contributed by atoms with van der Waals surface area (Å²) >= 11 is 0. The lowest BCUT2D eigenvalue weighted by molar-refractivity contribution is 0.0636. The lowest BCUT2D eigenvalue weighted by Gasteiger charge is -2.37. The number of rotatable bonds is 2. The summed E-state index contributed by atoms with van der Waals surface area (Å²) in [4.78, 5) is 0. The first-order valence-corrected chi connectivity index (χ1v) is 4.74. The van der Waals surface area contributed by atoms with Crippen LogP contribution in [0.5, 0.6) is 0 Å². The van der Waals surface area contributed by atoms with Crippen LogP contribution < -0.4 is 5.73 Å². The molecule has 68 valence electrons. The summed E-state index contributed by atoms with van der Waals surface area (Å²) in [6.07, 6.45) is 5.74. The van der Waals surface area contributed by atoms with Gasteiger partial charge in [0.2, 0.25) is 0 Å². The predicted octanol–water partition coefficient (Wildman–Crippen LogP) is 0.766. The minimum Gasteiger partial charge on any atom is -0.396 e. The summed E-state index contributed by atoms with van der Waals surface area (Å²) in [6.45, 7) is 3.09. The lowest BCUT2D eigenvalue weighted by Crippen LogP contribution is -2.43. The fourth-order valence-corrected chi connectivity index (χ4v) is 2.95. The molecule has 12 heavy (non-hydrogen) atoms. The molecular weight excluding hydrogens is 150 g/mol. The maximum Gasteiger partial charge on any atom is 0.0507 e. The highest BCUT2D eigenvalue weighted by Gasteiger charge is 2.52. The smallest absolute Gasteiger partial charge is 0.0507 e. The van der Waals surface area contributed by atoms with Crippen molar-refractivity contribution in [1.82, 2.24) is 0 Å². The van der Waals surface area contributed by atoms with E-state index in [0.717, 1.165) is 0 Å². The lowest BCUT2D eigenvalue weighted by atomic mass is 9.70. The molecule has 2 bridgehead atoms. The van der Waals surface area contributed by atoms with Gasteiger partial charge in [-0.3, -0.25) is 0 Å². The van der Waals surface area contributed by atoms with E-state index in [1.807, 2.05) is 0 Å². The summed E-state index contributed by atoms with van der Waals surface area (Å²) < 4.78 is 0. The Hall–Kier alpha value is -0.340. The topological polar surface area (TPSA) is 46.2 Å². The second kappa shape index (κ2) is 2.57. The molecule has 0 aliphatic heterocycles. The van der Waals surface area contributed by atoms with Crippen molar-refractivity contribution < 1.29 is 5.11 Å². The number of allylic oxidation sites excluding steroid dienone is 2. The second-order valence-corrected chi connectivity index (χ2v) is 4.28. The van der Waals surface area contributed by atoms with Gasteiger partial charge in [-0.1, -0.05) is 19.1 Å². The van der Waals surface area contributed by atoms with Gasteiger partial charge in [0.1, 0.15) is 0 Å². The van der Waals surface area contributed by atoms with E-state index in [2.05, 4.69) is 19.1 Å². The molecule has 0 radical (unpaired) electrons. The van der Waals surface area contributed by atoms with Crippen LogP contribution >= 0.6 is 0 Å². The minimum absolute atomic E-state index is 0.000579. The van der Waals surface area contributed by atoms with Crippen molar-refractivity contribution in [3.8, 4) is 0 Å². The normalized spacial score (nSPS) is 50.4. The van der Waals surface area contributed by atoms with E-state index >= 15 is 0 Å². The number of fused-ring (bicyclic) bond motifs is 2. The number of aliphatic hydroxyl groups is 1. The Labute approximate surface area is 73.5 Å². The quantitative estimate of drug-likeness (QED) is 0.597. The highest BCUT2D eigenvalue weighted by Crippen LogP contribution is 2.55. The van der Waals surface area contributed by atoms with Crippen molar-refractivity contribution in [2.75, 3.05) is 13.2 Å². The van der Waals surface area contributed by atoms with Crippen molar-refractivity contribution in [2.45, 2.75) is 13.3 Å². The SMILES string of the molecule is CC1C2C=CC(C2)C1(CN)CO. The van der Waals surface area contributed by atoms with E-state index in [1.54, 1.807) is 0 Å². The van der Waals surface area contributed by atoms with Crippen LogP contribution in [0.2, 0.25) is 0 Å². The zero-order valence-corrected chi connectivity index (χ0v) is 7.53. The third kappa shape index (κ3) is 0.771. The van der Waals surface area contributed by atoms with Gasteiger partial charge >= 0.3 is 0 Å². The molecule has 2 aliphatic rings. The maximum atomic E-state index is 9.40. The summed E-state index contributed by atoms with van der Waals surface area (Å²) in [5, 5.41) is 9.40. The molecule has 2 rings (SSSR count). The Bertz CT molecular complexity index is 208. The molecule has 1 fully saturated rings. The molecule has 2 aliphatic carbocycles. The molecule has 1 saturated carbocycles. The summed E-state index contributed by atoms with van der Waals surface area (Å²) in [6, 6.07) is 0. The molecule has 0 spiro atoms. The number of aliphatic hydroxyl groups excluding tert-OH is 1. The average Bonchev–Trinajstić information content (AvgIpc) is 2.64. The van der Waals surface area contributed by atoms with Gasteiger partial charge in [0.05, 0.1) is 6.61 Å². The average molecular weight is 167 g/mol. The standard InChI is InChI=1S/C10H17NO/c1-7-8-2-3-9(4-8)10(7,5-11)6-12/h2-3,7-9,12H,4-6,11H2,1H3. The largest absolute Gasteiger partial charge is 0.396 e. The fourth-order valence-electron chi connectivity index (χ4n) is 2.95. The van der Waals surface area contributed by atoms with E-state index in [1.165, 1.54) is 6.42 Å². The number of hydrogen-bond donors (Lipinski definition) is 2. The van der Waals surface area contributed by atoms with Crippen molar-refractivity contribution in [3.63, 3.8) is 0 Å². The monoisotopic (exact) mass is 167 g/mol. The Morgan fingerprint density at radius 1 is 1.58 bits per heavy atom.